The van der Waals surface area contributed by atoms with Gasteiger partial charge in [0.1, 0.15) is 17.2 Å². The van der Waals surface area contributed by atoms with Crippen molar-refractivity contribution in [2.24, 2.45) is 0 Å². The molecule has 0 aromatic heterocycles. The lowest BCUT2D eigenvalue weighted by molar-refractivity contribution is 0.380. The zero-order valence-corrected chi connectivity index (χ0v) is 7.34. The van der Waals surface area contributed by atoms with Crippen LogP contribution in [0, 0.1) is 13.0 Å². The smallest absolute Gasteiger partial charge is 0.134 e. The van der Waals surface area contributed by atoms with E-state index in [9.17, 15) is 5.11 Å². The van der Waals surface area contributed by atoms with E-state index in [-0.39, 0.29) is 5.75 Å². The Morgan fingerprint density at radius 3 is 2.50 bits per heavy atom. The summed E-state index contributed by atoms with van der Waals surface area (Å²) in [5.74, 6) is 1.13. The predicted molar refractivity (Wildman–Crippen MR) is 44.8 cm³/mol. The van der Waals surface area contributed by atoms with E-state index in [1.807, 2.05) is 0 Å². The molecule has 1 rings (SSSR count). The van der Waals surface area contributed by atoms with E-state index in [1.54, 1.807) is 20.1 Å². The molecule has 0 aliphatic heterocycles. The van der Waals surface area contributed by atoms with Crippen LogP contribution in [0.25, 0.3) is 0 Å². The number of methoxy groups -OCH3 is 2. The van der Waals surface area contributed by atoms with Crippen LogP contribution in [0.15, 0.2) is 6.07 Å². The minimum atomic E-state index is 0.0613. The molecule has 0 aliphatic carbocycles. The summed E-state index contributed by atoms with van der Waals surface area (Å²) in [4.78, 5) is 0. The van der Waals surface area contributed by atoms with Crippen LogP contribution in [-0.2, 0) is 0 Å². The molecule has 1 N–H and O–H groups in total. The zero-order chi connectivity index (χ0) is 9.14. The Hall–Kier alpha value is -1.38. The molecule has 0 unspecified atom stereocenters. The van der Waals surface area contributed by atoms with Gasteiger partial charge in [0.05, 0.1) is 20.3 Å². The van der Waals surface area contributed by atoms with E-state index in [0.717, 1.165) is 0 Å². The van der Waals surface area contributed by atoms with Crippen LogP contribution in [0.4, 0.5) is 0 Å². The van der Waals surface area contributed by atoms with Crippen LogP contribution < -0.4 is 9.47 Å². The lowest BCUT2D eigenvalue weighted by atomic mass is 10.2. The molecule has 0 spiro atoms. The van der Waals surface area contributed by atoms with Gasteiger partial charge in [0.15, 0.2) is 0 Å². The van der Waals surface area contributed by atoms with Crippen LogP contribution in [0.2, 0.25) is 0 Å². The molecule has 0 aliphatic rings. The molecule has 0 saturated heterocycles. The summed E-state index contributed by atoms with van der Waals surface area (Å²) in [6.07, 6.45) is 0. The van der Waals surface area contributed by atoms with Gasteiger partial charge in [-0.15, -0.1) is 0 Å². The number of hydrogen-bond donors (Lipinski definition) is 1. The SMILES string of the molecule is COc1[c]c(O)c(C)c(OC)c1. The fourth-order valence-corrected chi connectivity index (χ4v) is 0.913. The maximum absolute atomic E-state index is 9.33. The maximum Gasteiger partial charge on any atom is 0.134 e. The largest absolute Gasteiger partial charge is 0.507 e. The van der Waals surface area contributed by atoms with Crippen molar-refractivity contribution in [3.63, 3.8) is 0 Å². The van der Waals surface area contributed by atoms with E-state index < -0.39 is 0 Å². The van der Waals surface area contributed by atoms with Gasteiger partial charge in [-0.05, 0) is 6.92 Å². The highest BCUT2D eigenvalue weighted by Crippen LogP contribution is 2.31. The quantitative estimate of drug-likeness (QED) is 0.725. The molecule has 0 fully saturated rings. The molecule has 0 heterocycles. The first-order valence-corrected chi connectivity index (χ1v) is 3.53. The van der Waals surface area contributed by atoms with Crippen LogP contribution in [-0.4, -0.2) is 19.3 Å². The molecule has 0 saturated carbocycles. The Morgan fingerprint density at radius 1 is 1.33 bits per heavy atom. The van der Waals surface area contributed by atoms with Crippen molar-refractivity contribution in [3.05, 3.63) is 17.7 Å². The first-order valence-electron chi connectivity index (χ1n) is 3.53. The lowest BCUT2D eigenvalue weighted by Crippen LogP contribution is -1.90. The fourth-order valence-electron chi connectivity index (χ4n) is 0.913. The van der Waals surface area contributed by atoms with Crippen LogP contribution >= 0.6 is 0 Å². The number of hydrogen-bond acceptors (Lipinski definition) is 3. The molecule has 65 valence electrons. The Labute approximate surface area is 71.5 Å². The molecule has 1 radical (unpaired) electrons. The van der Waals surface area contributed by atoms with Crippen LogP contribution in [0.5, 0.6) is 17.2 Å². The highest BCUT2D eigenvalue weighted by molar-refractivity contribution is 5.47. The first kappa shape index (κ1) is 8.71. The fraction of sp³-hybridized carbons (Fsp3) is 0.333. The number of ether oxygens (including phenoxy) is 2. The maximum atomic E-state index is 9.33. The van der Waals surface area contributed by atoms with E-state index in [1.165, 1.54) is 7.11 Å². The molecule has 3 nitrogen and oxygen atoms in total. The van der Waals surface area contributed by atoms with Gasteiger partial charge >= 0.3 is 0 Å². The lowest BCUT2D eigenvalue weighted by Gasteiger charge is -2.07. The normalized spacial score (nSPS) is 9.58. The molecular weight excluding hydrogens is 156 g/mol. The number of rotatable bonds is 2. The highest BCUT2D eigenvalue weighted by Gasteiger charge is 2.06. The monoisotopic (exact) mass is 167 g/mol. The number of aromatic hydroxyl groups is 1. The van der Waals surface area contributed by atoms with Crippen molar-refractivity contribution in [1.82, 2.24) is 0 Å². The minimum absolute atomic E-state index is 0.0613. The van der Waals surface area contributed by atoms with Crippen molar-refractivity contribution in [2.45, 2.75) is 6.92 Å². The Balaban J connectivity index is 3.19. The molecule has 1 aromatic carbocycles. The number of phenolic OH excluding ortho intramolecular Hbond substituents is 1. The van der Waals surface area contributed by atoms with Crippen LogP contribution in [0.1, 0.15) is 5.56 Å². The summed E-state index contributed by atoms with van der Waals surface area (Å²) in [6.45, 7) is 1.75. The number of phenols is 1. The molecule has 0 atom stereocenters. The van der Waals surface area contributed by atoms with Gasteiger partial charge in [-0.3, -0.25) is 0 Å². The molecule has 1 aromatic rings. The average Bonchev–Trinajstić information content (AvgIpc) is 2.09. The summed E-state index contributed by atoms with van der Waals surface area (Å²) in [5.41, 5.74) is 0.665. The molecule has 3 heteroatoms. The van der Waals surface area contributed by atoms with Crippen molar-refractivity contribution in [2.75, 3.05) is 14.2 Å². The van der Waals surface area contributed by atoms with Gasteiger partial charge in [-0.2, -0.15) is 0 Å². The van der Waals surface area contributed by atoms with Crippen LogP contribution in [0.3, 0.4) is 0 Å². The van der Waals surface area contributed by atoms with Crippen molar-refractivity contribution in [3.8, 4) is 17.2 Å². The Kier molecular flexibility index (Phi) is 2.43. The Morgan fingerprint density at radius 2 is 2.00 bits per heavy atom. The van der Waals surface area contributed by atoms with Gasteiger partial charge in [0, 0.05) is 11.6 Å². The highest BCUT2D eigenvalue weighted by atomic mass is 16.5. The molecule has 0 bridgehead atoms. The van der Waals surface area contributed by atoms with E-state index in [2.05, 4.69) is 6.07 Å². The average molecular weight is 167 g/mol. The first-order chi connectivity index (χ1) is 5.69. The molecule has 12 heavy (non-hydrogen) atoms. The summed E-state index contributed by atoms with van der Waals surface area (Å²) >= 11 is 0. The van der Waals surface area contributed by atoms with Crippen molar-refractivity contribution < 1.29 is 14.6 Å². The van der Waals surface area contributed by atoms with E-state index in [0.29, 0.717) is 17.1 Å². The van der Waals surface area contributed by atoms with E-state index in [4.69, 9.17) is 9.47 Å². The van der Waals surface area contributed by atoms with Crippen molar-refractivity contribution in [1.29, 1.82) is 0 Å². The second kappa shape index (κ2) is 3.34. The van der Waals surface area contributed by atoms with E-state index >= 15 is 0 Å². The number of benzene rings is 1. The third-order valence-electron chi connectivity index (χ3n) is 1.67. The third kappa shape index (κ3) is 1.44. The summed E-state index contributed by atoms with van der Waals surface area (Å²) in [6, 6.07) is 4.33. The predicted octanol–water partition coefficient (Wildman–Crippen LogP) is 1.52. The van der Waals surface area contributed by atoms with Gasteiger partial charge < -0.3 is 14.6 Å². The second-order valence-electron chi connectivity index (χ2n) is 2.38. The topological polar surface area (TPSA) is 38.7 Å². The van der Waals surface area contributed by atoms with Gasteiger partial charge in [-0.25, -0.2) is 0 Å². The Bertz CT molecular complexity index is 281. The second-order valence-corrected chi connectivity index (χ2v) is 2.38. The third-order valence-corrected chi connectivity index (χ3v) is 1.67. The summed E-state index contributed by atoms with van der Waals surface area (Å²) in [7, 11) is 3.06. The molecular formula is C9H11O3. The van der Waals surface area contributed by atoms with Gasteiger partial charge in [0.25, 0.3) is 0 Å². The van der Waals surface area contributed by atoms with Crippen molar-refractivity contribution >= 4 is 0 Å². The molecule has 0 amide bonds. The minimum Gasteiger partial charge on any atom is -0.507 e. The summed E-state index contributed by atoms with van der Waals surface area (Å²) in [5, 5.41) is 9.33. The van der Waals surface area contributed by atoms with Gasteiger partial charge in [0.2, 0.25) is 0 Å². The summed E-state index contributed by atoms with van der Waals surface area (Å²) < 4.78 is 9.91. The standard InChI is InChI=1S/C9H11O3/c1-6-8(10)4-7(11-2)5-9(6)12-3/h5,10H,1-3H3. The zero-order valence-electron chi connectivity index (χ0n) is 7.34. The van der Waals surface area contributed by atoms with Gasteiger partial charge in [-0.1, -0.05) is 0 Å².